The average molecular weight is 300 g/mol. The van der Waals surface area contributed by atoms with Gasteiger partial charge in [0.25, 0.3) is 0 Å². The molecule has 4 rings (SSSR count). The van der Waals surface area contributed by atoms with Gasteiger partial charge in [0.2, 0.25) is 0 Å². The van der Waals surface area contributed by atoms with Crippen molar-refractivity contribution in [3.63, 3.8) is 0 Å². The lowest BCUT2D eigenvalue weighted by atomic mass is 10.0. The van der Waals surface area contributed by atoms with Crippen LogP contribution in [0, 0.1) is 0 Å². The van der Waals surface area contributed by atoms with Gasteiger partial charge in [-0.2, -0.15) is 4.68 Å². The standard InChI is InChI=1S/C15H16N4OS/c1-11-12-6-9-21-13(12)5-8-17(11)10-19-15(20)18-7-3-2-4-14(18)16-19/h2-4,6-7,9,11H,5,8,10H2,1H3/t11-/m0/s1. The largest absolute Gasteiger partial charge is 0.351 e. The topological polar surface area (TPSA) is 42.5 Å². The maximum absolute atomic E-state index is 12.3. The highest BCUT2D eigenvalue weighted by Crippen LogP contribution is 2.32. The molecule has 0 saturated heterocycles. The molecule has 0 spiro atoms. The third-order valence-electron chi connectivity index (χ3n) is 4.21. The molecule has 6 heteroatoms. The summed E-state index contributed by atoms with van der Waals surface area (Å²) in [4.78, 5) is 16.1. The maximum atomic E-state index is 12.3. The van der Waals surface area contributed by atoms with E-state index < -0.39 is 0 Å². The lowest BCUT2D eigenvalue weighted by molar-refractivity contribution is 0.143. The van der Waals surface area contributed by atoms with Crippen molar-refractivity contribution >= 4 is 17.0 Å². The molecule has 21 heavy (non-hydrogen) atoms. The lowest BCUT2D eigenvalue weighted by Gasteiger charge is -2.32. The van der Waals surface area contributed by atoms with E-state index in [0.717, 1.165) is 13.0 Å². The van der Waals surface area contributed by atoms with Gasteiger partial charge in [0, 0.05) is 23.7 Å². The molecule has 0 radical (unpaired) electrons. The van der Waals surface area contributed by atoms with Crippen molar-refractivity contribution in [2.75, 3.05) is 6.54 Å². The van der Waals surface area contributed by atoms with Crippen LogP contribution in [0.1, 0.15) is 23.4 Å². The molecule has 1 atom stereocenters. The zero-order chi connectivity index (χ0) is 14.4. The Morgan fingerprint density at radius 2 is 2.29 bits per heavy atom. The van der Waals surface area contributed by atoms with Gasteiger partial charge in [0.05, 0.1) is 6.67 Å². The number of hydrogen-bond donors (Lipinski definition) is 0. The molecule has 108 valence electrons. The van der Waals surface area contributed by atoms with Crippen molar-refractivity contribution in [3.8, 4) is 0 Å². The normalized spacial score (nSPS) is 19.0. The number of aromatic nitrogens is 3. The Morgan fingerprint density at radius 3 is 3.14 bits per heavy atom. The Balaban J connectivity index is 1.67. The van der Waals surface area contributed by atoms with Gasteiger partial charge < -0.3 is 0 Å². The second-order valence-corrected chi connectivity index (χ2v) is 6.39. The van der Waals surface area contributed by atoms with Crippen molar-refractivity contribution in [2.24, 2.45) is 0 Å². The van der Waals surface area contributed by atoms with Crippen LogP contribution in [0.2, 0.25) is 0 Å². The monoisotopic (exact) mass is 300 g/mol. The minimum Gasteiger partial charge on any atom is -0.277 e. The zero-order valence-corrected chi connectivity index (χ0v) is 12.6. The number of nitrogens with zero attached hydrogens (tertiary/aromatic N) is 4. The first-order valence-electron chi connectivity index (χ1n) is 7.08. The maximum Gasteiger partial charge on any atom is 0.351 e. The zero-order valence-electron chi connectivity index (χ0n) is 11.8. The van der Waals surface area contributed by atoms with Crippen LogP contribution in [0.15, 0.2) is 40.6 Å². The summed E-state index contributed by atoms with van der Waals surface area (Å²) in [6.45, 7) is 3.71. The molecule has 0 bridgehead atoms. The van der Waals surface area contributed by atoms with Crippen molar-refractivity contribution in [1.29, 1.82) is 0 Å². The Hall–Kier alpha value is -1.92. The van der Waals surface area contributed by atoms with Crippen LogP contribution in [-0.4, -0.2) is 25.6 Å². The predicted molar refractivity (Wildman–Crippen MR) is 82.6 cm³/mol. The van der Waals surface area contributed by atoms with Crippen molar-refractivity contribution in [2.45, 2.75) is 26.1 Å². The molecule has 0 aliphatic carbocycles. The third kappa shape index (κ3) is 2.02. The van der Waals surface area contributed by atoms with Crippen LogP contribution in [0.3, 0.4) is 0 Å². The Kier molecular flexibility index (Phi) is 2.94. The summed E-state index contributed by atoms with van der Waals surface area (Å²) in [6.07, 6.45) is 2.82. The number of thiophene rings is 1. The summed E-state index contributed by atoms with van der Waals surface area (Å²) in [6, 6.07) is 8.13. The summed E-state index contributed by atoms with van der Waals surface area (Å²) in [5.41, 5.74) is 2.01. The van der Waals surface area contributed by atoms with Gasteiger partial charge in [-0.05, 0) is 42.5 Å². The van der Waals surface area contributed by atoms with E-state index in [9.17, 15) is 4.79 Å². The Labute approximate surface area is 126 Å². The van der Waals surface area contributed by atoms with E-state index in [4.69, 9.17) is 0 Å². The van der Waals surface area contributed by atoms with E-state index in [1.807, 2.05) is 29.5 Å². The molecule has 1 aliphatic rings. The van der Waals surface area contributed by atoms with Gasteiger partial charge in [-0.25, -0.2) is 4.79 Å². The number of hydrogen-bond acceptors (Lipinski definition) is 4. The van der Waals surface area contributed by atoms with Crippen LogP contribution in [0.4, 0.5) is 0 Å². The minimum absolute atomic E-state index is 0.0751. The molecular formula is C15H16N4OS. The average Bonchev–Trinajstić information content (AvgIpc) is 3.09. The van der Waals surface area contributed by atoms with Gasteiger partial charge in [0.1, 0.15) is 0 Å². The van der Waals surface area contributed by atoms with E-state index >= 15 is 0 Å². The number of fused-ring (bicyclic) bond motifs is 2. The second kappa shape index (κ2) is 4.82. The highest BCUT2D eigenvalue weighted by Gasteiger charge is 2.25. The molecule has 0 aromatic carbocycles. The highest BCUT2D eigenvalue weighted by molar-refractivity contribution is 7.10. The first-order chi connectivity index (χ1) is 10.2. The van der Waals surface area contributed by atoms with Gasteiger partial charge >= 0.3 is 5.69 Å². The van der Waals surface area contributed by atoms with E-state index in [2.05, 4.69) is 28.4 Å². The fourth-order valence-corrected chi connectivity index (χ4v) is 3.95. The molecule has 3 aromatic heterocycles. The Bertz CT molecular complexity index is 847. The first kappa shape index (κ1) is 12.8. The molecular weight excluding hydrogens is 284 g/mol. The molecule has 5 nitrogen and oxygen atoms in total. The van der Waals surface area contributed by atoms with Crippen molar-refractivity contribution < 1.29 is 0 Å². The summed E-state index contributed by atoms with van der Waals surface area (Å²) < 4.78 is 3.15. The van der Waals surface area contributed by atoms with Crippen LogP contribution >= 0.6 is 11.3 Å². The summed E-state index contributed by atoms with van der Waals surface area (Å²) >= 11 is 1.83. The van der Waals surface area contributed by atoms with E-state index in [1.165, 1.54) is 10.4 Å². The molecule has 0 unspecified atom stereocenters. The van der Waals surface area contributed by atoms with E-state index in [1.54, 1.807) is 15.3 Å². The quantitative estimate of drug-likeness (QED) is 0.728. The molecule has 0 saturated carbocycles. The van der Waals surface area contributed by atoms with Crippen LogP contribution in [-0.2, 0) is 13.1 Å². The number of rotatable bonds is 2. The van der Waals surface area contributed by atoms with Gasteiger partial charge in [-0.3, -0.25) is 9.30 Å². The fraction of sp³-hybridized carbons (Fsp3) is 0.333. The fourth-order valence-electron chi connectivity index (χ4n) is 2.99. The second-order valence-electron chi connectivity index (χ2n) is 5.39. The summed E-state index contributed by atoms with van der Waals surface area (Å²) in [5, 5.41) is 6.57. The molecule has 0 amide bonds. The molecule has 3 aromatic rings. The predicted octanol–water partition coefficient (Wildman–Crippen LogP) is 2.13. The van der Waals surface area contributed by atoms with Gasteiger partial charge in [-0.15, -0.1) is 16.4 Å². The SMILES string of the molecule is C[C@H]1c2ccsc2CCN1Cn1nc2ccccn2c1=O. The van der Waals surface area contributed by atoms with Crippen molar-refractivity contribution in [3.05, 3.63) is 56.8 Å². The van der Waals surface area contributed by atoms with Crippen LogP contribution in [0.25, 0.3) is 5.65 Å². The van der Waals surface area contributed by atoms with Crippen molar-refractivity contribution in [1.82, 2.24) is 19.1 Å². The van der Waals surface area contributed by atoms with E-state index in [0.29, 0.717) is 18.4 Å². The molecule has 1 aliphatic heterocycles. The first-order valence-corrected chi connectivity index (χ1v) is 7.96. The van der Waals surface area contributed by atoms with Gasteiger partial charge in [0.15, 0.2) is 5.65 Å². The Morgan fingerprint density at radius 1 is 1.38 bits per heavy atom. The van der Waals surface area contributed by atoms with Crippen LogP contribution < -0.4 is 5.69 Å². The number of pyridine rings is 1. The summed E-state index contributed by atoms with van der Waals surface area (Å²) in [5.74, 6) is 0. The lowest BCUT2D eigenvalue weighted by Crippen LogP contribution is -2.38. The molecule has 4 heterocycles. The minimum atomic E-state index is -0.0751. The smallest absolute Gasteiger partial charge is 0.277 e. The summed E-state index contributed by atoms with van der Waals surface area (Å²) in [7, 11) is 0. The van der Waals surface area contributed by atoms with E-state index in [-0.39, 0.29) is 5.69 Å². The van der Waals surface area contributed by atoms with Crippen LogP contribution in [0.5, 0.6) is 0 Å². The van der Waals surface area contributed by atoms with Gasteiger partial charge in [-0.1, -0.05) is 6.07 Å². The third-order valence-corrected chi connectivity index (χ3v) is 5.20. The highest BCUT2D eigenvalue weighted by atomic mass is 32.1. The molecule has 0 N–H and O–H groups in total. The molecule has 0 fully saturated rings.